The fourth-order valence-electron chi connectivity index (χ4n) is 5.07. The molecule has 9 heteroatoms. The van der Waals surface area contributed by atoms with Crippen LogP contribution in [0.1, 0.15) is 40.2 Å². The number of aromatic amines is 1. The predicted molar refractivity (Wildman–Crippen MR) is 137 cm³/mol. The van der Waals surface area contributed by atoms with Gasteiger partial charge in [0.2, 0.25) is 0 Å². The number of likely N-dealkylation sites (tertiary alicyclic amines) is 1. The second kappa shape index (κ2) is 10.5. The summed E-state index contributed by atoms with van der Waals surface area (Å²) in [6.45, 7) is 1.26. The molecule has 3 aromatic carbocycles. The van der Waals surface area contributed by atoms with Gasteiger partial charge in [-0.25, -0.2) is 4.39 Å². The van der Waals surface area contributed by atoms with Crippen LogP contribution < -0.4 is 10.1 Å². The maximum atomic E-state index is 14.7. The Morgan fingerprint density at radius 1 is 1.05 bits per heavy atom. The summed E-state index contributed by atoms with van der Waals surface area (Å²) in [4.78, 5) is 18.5. The van der Waals surface area contributed by atoms with Gasteiger partial charge in [0.15, 0.2) is 0 Å². The van der Waals surface area contributed by atoms with E-state index in [0.717, 1.165) is 22.0 Å². The van der Waals surface area contributed by atoms with E-state index in [9.17, 15) is 22.4 Å². The van der Waals surface area contributed by atoms with Crippen LogP contribution in [0.15, 0.2) is 66.9 Å². The standard InChI is InChI=1S/C29H27F4N3O2/c1-36-13-10-18(11-14-36)27-23(3-2-4-26(27)38-29(31,32)33)28(37)35-17-22-16-19(5-7-24(22)30)20-6-8-25-21(15-20)9-12-34-25/h2-9,12,15-16,18,34H,10-11,13-14,17H2,1H3,(H,35,37). The summed E-state index contributed by atoms with van der Waals surface area (Å²) < 4.78 is 58.5. The average Bonchev–Trinajstić information content (AvgIpc) is 3.36. The number of alkyl halides is 3. The van der Waals surface area contributed by atoms with E-state index >= 15 is 0 Å². The van der Waals surface area contributed by atoms with E-state index < -0.39 is 18.1 Å². The molecule has 1 aliphatic rings. The molecular formula is C29H27F4N3O2. The smallest absolute Gasteiger partial charge is 0.405 e. The SMILES string of the molecule is CN1CCC(c2c(OC(F)(F)F)cccc2C(=O)NCc2cc(-c3ccc4[nH]ccc4c3)ccc2F)CC1. The third kappa shape index (κ3) is 5.67. The number of rotatable bonds is 6. The molecule has 5 rings (SSSR count). The molecule has 1 aromatic heterocycles. The van der Waals surface area contributed by atoms with Crippen molar-refractivity contribution in [1.82, 2.24) is 15.2 Å². The van der Waals surface area contributed by atoms with Gasteiger partial charge in [-0.2, -0.15) is 0 Å². The Kier molecular flexibility index (Phi) is 7.12. The molecule has 2 heterocycles. The molecule has 1 aliphatic heterocycles. The molecule has 198 valence electrons. The monoisotopic (exact) mass is 525 g/mol. The lowest BCUT2D eigenvalue weighted by Crippen LogP contribution is -2.32. The van der Waals surface area contributed by atoms with Gasteiger partial charge in [-0.15, -0.1) is 13.2 Å². The van der Waals surface area contributed by atoms with Crippen molar-refractivity contribution in [2.75, 3.05) is 20.1 Å². The number of H-pyrrole nitrogens is 1. The van der Waals surface area contributed by atoms with Crippen LogP contribution in [0.3, 0.4) is 0 Å². The van der Waals surface area contributed by atoms with E-state index in [4.69, 9.17) is 0 Å². The lowest BCUT2D eigenvalue weighted by atomic mass is 9.85. The number of amides is 1. The zero-order chi connectivity index (χ0) is 26.9. The van der Waals surface area contributed by atoms with E-state index in [0.29, 0.717) is 25.9 Å². The fraction of sp³-hybridized carbons (Fsp3) is 0.276. The number of benzene rings is 3. The molecule has 0 atom stereocenters. The van der Waals surface area contributed by atoms with Gasteiger partial charge in [0.25, 0.3) is 5.91 Å². The zero-order valence-electron chi connectivity index (χ0n) is 20.7. The highest BCUT2D eigenvalue weighted by Gasteiger charge is 2.35. The highest BCUT2D eigenvalue weighted by Crippen LogP contribution is 2.39. The molecule has 0 unspecified atom stereocenters. The van der Waals surface area contributed by atoms with Crippen LogP contribution in [0.5, 0.6) is 5.75 Å². The third-order valence-electron chi connectivity index (χ3n) is 7.03. The molecule has 0 spiro atoms. The van der Waals surface area contributed by atoms with Crippen LogP contribution in [0, 0.1) is 5.82 Å². The van der Waals surface area contributed by atoms with Gasteiger partial charge in [0.05, 0.1) is 0 Å². The number of fused-ring (bicyclic) bond motifs is 1. The molecule has 0 saturated carbocycles. The second-order valence-corrected chi connectivity index (χ2v) is 9.61. The minimum absolute atomic E-state index is 0.107. The number of piperidine rings is 1. The molecule has 1 saturated heterocycles. The topological polar surface area (TPSA) is 57.4 Å². The Balaban J connectivity index is 1.40. The molecule has 0 radical (unpaired) electrons. The number of nitrogens with zero attached hydrogens (tertiary/aromatic N) is 1. The molecule has 0 aliphatic carbocycles. The molecular weight excluding hydrogens is 498 g/mol. The Bertz CT molecular complexity index is 1460. The van der Waals surface area contributed by atoms with Gasteiger partial charge in [0, 0.05) is 34.9 Å². The van der Waals surface area contributed by atoms with Crippen molar-refractivity contribution in [3.63, 3.8) is 0 Å². The van der Waals surface area contributed by atoms with Gasteiger partial charge >= 0.3 is 6.36 Å². The number of halogens is 4. The molecule has 4 aromatic rings. The number of ether oxygens (including phenoxy) is 1. The van der Waals surface area contributed by atoms with E-state index in [1.54, 1.807) is 12.1 Å². The summed E-state index contributed by atoms with van der Waals surface area (Å²) in [5.41, 5.74) is 3.28. The molecule has 0 bridgehead atoms. The molecule has 38 heavy (non-hydrogen) atoms. The highest BCUT2D eigenvalue weighted by molar-refractivity contribution is 5.96. The van der Waals surface area contributed by atoms with Gasteiger partial charge in [-0.05, 0) is 97.9 Å². The Morgan fingerprint density at radius 2 is 1.79 bits per heavy atom. The Labute approximate surface area is 217 Å². The largest absolute Gasteiger partial charge is 0.573 e. The van der Waals surface area contributed by atoms with Crippen molar-refractivity contribution in [2.24, 2.45) is 0 Å². The van der Waals surface area contributed by atoms with Crippen LogP contribution in [0.4, 0.5) is 17.6 Å². The summed E-state index contributed by atoms with van der Waals surface area (Å²) in [7, 11) is 1.95. The van der Waals surface area contributed by atoms with Crippen molar-refractivity contribution in [1.29, 1.82) is 0 Å². The van der Waals surface area contributed by atoms with Crippen LogP contribution in [-0.2, 0) is 6.54 Å². The van der Waals surface area contributed by atoms with Crippen molar-refractivity contribution in [2.45, 2.75) is 31.7 Å². The summed E-state index contributed by atoms with van der Waals surface area (Å²) in [6, 6.07) is 16.6. The maximum Gasteiger partial charge on any atom is 0.573 e. The van der Waals surface area contributed by atoms with Crippen LogP contribution in [0.2, 0.25) is 0 Å². The third-order valence-corrected chi connectivity index (χ3v) is 7.03. The number of hydrogen-bond acceptors (Lipinski definition) is 3. The van der Waals surface area contributed by atoms with Crippen molar-refractivity contribution in [3.05, 3.63) is 89.4 Å². The van der Waals surface area contributed by atoms with E-state index in [1.165, 1.54) is 24.3 Å². The number of hydrogen-bond donors (Lipinski definition) is 2. The second-order valence-electron chi connectivity index (χ2n) is 9.61. The van der Waals surface area contributed by atoms with E-state index in [1.807, 2.05) is 37.5 Å². The summed E-state index contributed by atoms with van der Waals surface area (Å²) in [5, 5.41) is 3.73. The average molecular weight is 526 g/mol. The first-order valence-corrected chi connectivity index (χ1v) is 12.4. The maximum absolute atomic E-state index is 14.7. The van der Waals surface area contributed by atoms with Gasteiger partial charge in [0.1, 0.15) is 11.6 Å². The lowest BCUT2D eigenvalue weighted by Gasteiger charge is -2.31. The minimum Gasteiger partial charge on any atom is -0.405 e. The summed E-state index contributed by atoms with van der Waals surface area (Å²) in [5.74, 6) is -1.70. The van der Waals surface area contributed by atoms with Crippen LogP contribution in [-0.4, -0.2) is 42.3 Å². The molecule has 1 amide bonds. The fourth-order valence-corrected chi connectivity index (χ4v) is 5.07. The van der Waals surface area contributed by atoms with Gasteiger partial charge < -0.3 is 19.9 Å². The normalized spacial score (nSPS) is 15.1. The minimum atomic E-state index is -4.89. The van der Waals surface area contributed by atoms with Crippen LogP contribution in [0.25, 0.3) is 22.0 Å². The summed E-state index contributed by atoms with van der Waals surface area (Å²) in [6.07, 6.45) is -1.86. The first-order valence-electron chi connectivity index (χ1n) is 12.4. The van der Waals surface area contributed by atoms with Gasteiger partial charge in [-0.3, -0.25) is 4.79 Å². The molecule has 2 N–H and O–H groups in total. The predicted octanol–water partition coefficient (Wildman–Crippen LogP) is 6.61. The van der Waals surface area contributed by atoms with E-state index in [-0.39, 0.29) is 34.9 Å². The Morgan fingerprint density at radius 3 is 2.55 bits per heavy atom. The molecule has 1 fully saturated rings. The number of nitrogens with one attached hydrogen (secondary N) is 2. The highest BCUT2D eigenvalue weighted by atomic mass is 19.4. The molecule has 5 nitrogen and oxygen atoms in total. The van der Waals surface area contributed by atoms with Crippen molar-refractivity contribution < 1.29 is 27.1 Å². The van der Waals surface area contributed by atoms with E-state index in [2.05, 4.69) is 19.9 Å². The zero-order valence-corrected chi connectivity index (χ0v) is 20.7. The van der Waals surface area contributed by atoms with Crippen molar-refractivity contribution >= 4 is 16.8 Å². The number of aromatic nitrogens is 1. The quantitative estimate of drug-likeness (QED) is 0.279. The number of carbonyl (C=O) groups excluding carboxylic acids is 1. The van der Waals surface area contributed by atoms with Crippen LogP contribution >= 0.6 is 0 Å². The van der Waals surface area contributed by atoms with Gasteiger partial charge in [-0.1, -0.05) is 18.2 Å². The Hall–Kier alpha value is -3.85. The summed E-state index contributed by atoms with van der Waals surface area (Å²) >= 11 is 0. The lowest BCUT2D eigenvalue weighted by molar-refractivity contribution is -0.275. The first-order chi connectivity index (χ1) is 18.2. The first kappa shape index (κ1) is 25.8. The number of carbonyl (C=O) groups is 1. The van der Waals surface area contributed by atoms with Crippen molar-refractivity contribution in [3.8, 4) is 16.9 Å².